The molecule has 0 aliphatic heterocycles. The summed E-state index contributed by atoms with van der Waals surface area (Å²) >= 11 is 0. The number of aromatic nitrogens is 1. The molecule has 0 atom stereocenters. The summed E-state index contributed by atoms with van der Waals surface area (Å²) in [6.07, 6.45) is 0. The van der Waals surface area contributed by atoms with Crippen LogP contribution in [0, 0.1) is 0 Å². The summed E-state index contributed by atoms with van der Waals surface area (Å²) < 4.78 is 2.44. The molecule has 66 heavy (non-hydrogen) atoms. The van der Waals surface area contributed by atoms with E-state index in [2.05, 4.69) is 276 Å². The van der Waals surface area contributed by atoms with Crippen LogP contribution in [-0.2, 0) is 0 Å². The summed E-state index contributed by atoms with van der Waals surface area (Å²) in [6, 6.07) is 96.8. The molecule has 1 heterocycles. The van der Waals surface area contributed by atoms with Crippen molar-refractivity contribution in [2.24, 2.45) is 0 Å². The predicted molar refractivity (Wildman–Crippen MR) is 280 cm³/mol. The fourth-order valence-corrected chi connectivity index (χ4v) is 9.78. The minimum Gasteiger partial charge on any atom is -0.310 e. The van der Waals surface area contributed by atoms with Crippen molar-refractivity contribution in [2.45, 2.75) is 0 Å². The van der Waals surface area contributed by atoms with Crippen LogP contribution in [0.1, 0.15) is 0 Å². The quantitative estimate of drug-likeness (QED) is 0.141. The van der Waals surface area contributed by atoms with E-state index >= 15 is 0 Å². The van der Waals surface area contributed by atoms with Gasteiger partial charge in [-0.15, -0.1) is 0 Å². The van der Waals surface area contributed by atoms with E-state index in [1.807, 2.05) is 0 Å². The Morgan fingerprint density at radius 3 is 1.35 bits per heavy atom. The maximum Gasteiger partial charge on any atom is 0.0547 e. The number of fused-ring (bicyclic) bond motifs is 4. The molecule has 1 aromatic heterocycles. The lowest BCUT2D eigenvalue weighted by molar-refractivity contribution is 1.20. The Morgan fingerprint density at radius 1 is 0.258 bits per heavy atom. The second-order valence-electron chi connectivity index (χ2n) is 16.9. The number of benzene rings is 11. The number of nitrogens with zero attached hydrogens (tertiary/aromatic N) is 2. The average Bonchev–Trinajstić information content (AvgIpc) is 3.74. The molecule has 2 nitrogen and oxygen atoms in total. The highest BCUT2D eigenvalue weighted by Gasteiger charge is 2.19. The number of para-hydroxylation sites is 1. The third kappa shape index (κ3) is 7.12. The van der Waals surface area contributed by atoms with Crippen molar-refractivity contribution in [3.05, 3.63) is 267 Å². The zero-order valence-electron chi connectivity index (χ0n) is 36.3. The highest BCUT2D eigenvalue weighted by Crippen LogP contribution is 2.42. The van der Waals surface area contributed by atoms with Gasteiger partial charge >= 0.3 is 0 Å². The third-order valence-electron chi connectivity index (χ3n) is 13.0. The van der Waals surface area contributed by atoms with E-state index in [9.17, 15) is 0 Å². The molecule has 0 bridgehead atoms. The van der Waals surface area contributed by atoms with Gasteiger partial charge in [-0.25, -0.2) is 0 Å². The smallest absolute Gasteiger partial charge is 0.0547 e. The van der Waals surface area contributed by atoms with Crippen molar-refractivity contribution in [2.75, 3.05) is 4.90 Å². The van der Waals surface area contributed by atoms with Crippen molar-refractivity contribution in [1.29, 1.82) is 0 Å². The maximum absolute atomic E-state index is 2.44. The first-order chi connectivity index (χ1) is 32.7. The molecule has 0 amide bonds. The van der Waals surface area contributed by atoms with E-state index in [1.54, 1.807) is 0 Å². The highest BCUT2D eigenvalue weighted by molar-refractivity contribution is 6.16. The molecule has 0 fully saturated rings. The van der Waals surface area contributed by atoms with Crippen LogP contribution in [0.2, 0.25) is 0 Å². The van der Waals surface area contributed by atoms with Crippen LogP contribution in [0.4, 0.5) is 17.1 Å². The van der Waals surface area contributed by atoms with Crippen molar-refractivity contribution < 1.29 is 0 Å². The van der Waals surface area contributed by atoms with Gasteiger partial charge in [-0.3, -0.25) is 0 Å². The molecule has 310 valence electrons. The molecule has 12 rings (SSSR count). The average molecular weight is 841 g/mol. The monoisotopic (exact) mass is 840 g/mol. The molecule has 2 heteroatoms. The van der Waals surface area contributed by atoms with Gasteiger partial charge in [0.1, 0.15) is 0 Å². The first-order valence-corrected chi connectivity index (χ1v) is 22.7. The lowest BCUT2D eigenvalue weighted by atomic mass is 9.95. The molecular weight excluding hydrogens is 797 g/mol. The summed E-state index contributed by atoms with van der Waals surface area (Å²) in [4.78, 5) is 2.37. The Labute approximate surface area is 385 Å². The van der Waals surface area contributed by atoms with Crippen molar-refractivity contribution in [1.82, 2.24) is 4.57 Å². The molecule has 0 aliphatic rings. The maximum atomic E-state index is 2.44. The molecule has 0 radical (unpaired) electrons. The van der Waals surface area contributed by atoms with Crippen LogP contribution < -0.4 is 4.90 Å². The fraction of sp³-hybridized carbons (Fsp3) is 0. The van der Waals surface area contributed by atoms with Crippen LogP contribution in [-0.4, -0.2) is 4.57 Å². The second-order valence-corrected chi connectivity index (χ2v) is 16.9. The first-order valence-electron chi connectivity index (χ1n) is 22.7. The zero-order chi connectivity index (χ0) is 43.8. The van der Waals surface area contributed by atoms with Crippen molar-refractivity contribution in [3.63, 3.8) is 0 Å². The number of anilines is 3. The van der Waals surface area contributed by atoms with Gasteiger partial charge in [0.05, 0.1) is 16.7 Å². The summed E-state index contributed by atoms with van der Waals surface area (Å²) in [5.74, 6) is 0. The largest absolute Gasteiger partial charge is 0.310 e. The molecule has 0 saturated carbocycles. The van der Waals surface area contributed by atoms with Gasteiger partial charge in [-0.1, -0.05) is 206 Å². The van der Waals surface area contributed by atoms with Gasteiger partial charge in [0.15, 0.2) is 0 Å². The van der Waals surface area contributed by atoms with Gasteiger partial charge in [0.2, 0.25) is 0 Å². The van der Waals surface area contributed by atoms with E-state index in [4.69, 9.17) is 0 Å². The Bertz CT molecular complexity index is 3660. The van der Waals surface area contributed by atoms with Crippen molar-refractivity contribution in [3.8, 4) is 61.3 Å². The molecule has 0 N–H and O–H groups in total. The van der Waals surface area contributed by atoms with Gasteiger partial charge < -0.3 is 9.47 Å². The Kier molecular flexibility index (Phi) is 9.89. The molecule has 12 aromatic rings. The van der Waals surface area contributed by atoms with E-state index in [0.717, 1.165) is 28.2 Å². The molecule has 0 aliphatic carbocycles. The lowest BCUT2D eigenvalue weighted by Gasteiger charge is -2.26. The number of hydrogen-bond donors (Lipinski definition) is 0. The van der Waals surface area contributed by atoms with E-state index < -0.39 is 0 Å². The zero-order valence-corrected chi connectivity index (χ0v) is 36.3. The third-order valence-corrected chi connectivity index (χ3v) is 13.0. The topological polar surface area (TPSA) is 8.17 Å². The minimum atomic E-state index is 1.09. The van der Waals surface area contributed by atoms with E-state index in [1.165, 1.54) is 82.8 Å². The molecular formula is C64H44N2. The SMILES string of the molecule is c1ccc(-c2ccc(-c3ccc(N(c4ccc(-c5ccccc5)cc4)c4cccc(-c5cccc(-c6cccc7c6c6ccccc6n7-c6cccc7ccccc67)c5)c4)cc3)cc2)cc1. The standard InChI is InChI=1S/C64H44N2/c1-3-15-45(16-4-1)47-31-33-48(34-32-47)50-37-41-56(42-38-50)65(55-39-35-49(36-40-55)46-17-5-2-6-18-46)57-24-12-22-53(44-57)52-21-11-23-54(43-52)59-27-14-30-63-64(59)60-26-9-10-28-62(60)66(63)61-29-13-20-51-19-7-8-25-58(51)61/h1-44H. The summed E-state index contributed by atoms with van der Waals surface area (Å²) in [5, 5.41) is 4.97. The minimum absolute atomic E-state index is 1.09. The normalized spacial score (nSPS) is 11.3. The van der Waals surface area contributed by atoms with Gasteiger partial charge in [0, 0.05) is 33.2 Å². The molecule has 0 unspecified atom stereocenters. The van der Waals surface area contributed by atoms with E-state index in [0.29, 0.717) is 0 Å². The molecule has 0 saturated heterocycles. The van der Waals surface area contributed by atoms with Gasteiger partial charge in [-0.2, -0.15) is 0 Å². The van der Waals surface area contributed by atoms with Crippen LogP contribution in [0.25, 0.3) is 93.9 Å². The predicted octanol–water partition coefficient (Wildman–Crippen LogP) is 17.7. The summed E-state index contributed by atoms with van der Waals surface area (Å²) in [5.41, 5.74) is 18.8. The van der Waals surface area contributed by atoms with Crippen LogP contribution in [0.3, 0.4) is 0 Å². The van der Waals surface area contributed by atoms with Crippen LogP contribution >= 0.6 is 0 Å². The Balaban J connectivity index is 0.932. The lowest BCUT2D eigenvalue weighted by Crippen LogP contribution is -2.10. The summed E-state index contributed by atoms with van der Waals surface area (Å²) in [6.45, 7) is 0. The number of hydrogen-bond acceptors (Lipinski definition) is 1. The van der Waals surface area contributed by atoms with Gasteiger partial charge in [0.25, 0.3) is 0 Å². The Hall–Kier alpha value is -8.72. The van der Waals surface area contributed by atoms with Gasteiger partial charge in [-0.05, 0) is 122 Å². The highest BCUT2D eigenvalue weighted by atomic mass is 15.1. The summed E-state index contributed by atoms with van der Waals surface area (Å²) in [7, 11) is 0. The van der Waals surface area contributed by atoms with Crippen LogP contribution in [0.15, 0.2) is 267 Å². The Morgan fingerprint density at radius 2 is 0.697 bits per heavy atom. The fourth-order valence-electron chi connectivity index (χ4n) is 9.78. The molecule has 0 spiro atoms. The first kappa shape index (κ1) is 38.9. The second kappa shape index (κ2) is 16.8. The molecule has 11 aromatic carbocycles. The number of rotatable bonds is 9. The van der Waals surface area contributed by atoms with Crippen LogP contribution in [0.5, 0.6) is 0 Å². The van der Waals surface area contributed by atoms with Crippen molar-refractivity contribution >= 4 is 49.6 Å². The van der Waals surface area contributed by atoms with E-state index in [-0.39, 0.29) is 0 Å².